The molecule has 4 heterocycles. The van der Waals surface area contributed by atoms with E-state index in [-0.39, 0.29) is 42.4 Å². The summed E-state index contributed by atoms with van der Waals surface area (Å²) in [5.41, 5.74) is 5.89. The van der Waals surface area contributed by atoms with E-state index < -0.39 is 20.0 Å². The van der Waals surface area contributed by atoms with E-state index in [1.165, 1.54) is 33.8 Å². The molecule has 0 spiro atoms. The van der Waals surface area contributed by atoms with Crippen LogP contribution in [0.1, 0.15) is 101 Å². The van der Waals surface area contributed by atoms with E-state index in [0.29, 0.717) is 55.8 Å². The van der Waals surface area contributed by atoms with Gasteiger partial charge in [-0.05, 0) is 140 Å². The fourth-order valence-electron chi connectivity index (χ4n) is 8.34. The van der Waals surface area contributed by atoms with Crippen molar-refractivity contribution in [3.63, 3.8) is 0 Å². The minimum Gasteiger partial charge on any atom is -0.382 e. The SMILES string of the molecule is CC(C)(C)c1cccc(NC2CCN(S(=O)(=O)c3ccc(CNC(=O)c4ccc(Cl)cc4)s3)CC2)c1.CCCc1ccccc1NC1CCN(S(=O)(=O)c2ccc(CNC(=O)c3ccc(Cl)cc3)s2)CC1. The Balaban J connectivity index is 0.000000209. The molecular formula is C53H62Cl2N6O6S4. The molecule has 2 aliphatic heterocycles. The zero-order valence-electron chi connectivity index (χ0n) is 40.4. The van der Waals surface area contributed by atoms with Crippen LogP contribution >= 0.6 is 45.9 Å². The average molecular weight is 1080 g/mol. The molecule has 71 heavy (non-hydrogen) atoms. The number of hydrogen-bond acceptors (Lipinski definition) is 10. The third-order valence-electron chi connectivity index (χ3n) is 12.4. The Kier molecular flexibility index (Phi) is 18.5. The zero-order valence-corrected chi connectivity index (χ0v) is 45.2. The monoisotopic (exact) mass is 1080 g/mol. The number of nitrogens with zero attached hydrogens (tertiary/aromatic N) is 2. The molecule has 0 aliphatic carbocycles. The van der Waals surface area contributed by atoms with Crippen LogP contribution in [0, 0.1) is 0 Å². The van der Waals surface area contributed by atoms with Gasteiger partial charge in [0.1, 0.15) is 8.42 Å². The Morgan fingerprint density at radius 1 is 0.606 bits per heavy atom. The minimum absolute atomic E-state index is 0.0767. The van der Waals surface area contributed by atoms with Crippen molar-refractivity contribution >= 4 is 89.1 Å². The van der Waals surface area contributed by atoms with E-state index in [0.717, 1.165) is 59.7 Å². The minimum atomic E-state index is -3.56. The van der Waals surface area contributed by atoms with Gasteiger partial charge in [-0.3, -0.25) is 9.59 Å². The summed E-state index contributed by atoms with van der Waals surface area (Å²) in [6.45, 7) is 11.2. The Labute approximate surface area is 437 Å². The standard InChI is InChI=1S/C27H32ClN3O3S2.C26H30ClN3O3S2/c1-27(2,3)20-5-4-6-23(17-20)30-22-13-15-31(16-14-22)36(33,34)25-12-11-24(35-25)18-29-26(32)19-7-9-21(28)10-8-19;1-2-5-19-6-3-4-7-24(19)29-22-14-16-30(17-15-22)35(32,33)25-13-12-23(34-25)18-28-26(31)20-8-10-21(27)11-9-20/h4-12,17,22,30H,13-16,18H2,1-3H3,(H,29,32);3-4,6-13,22,29H,2,5,14-18H2,1H3,(H,28,31). The Morgan fingerprint density at radius 2 is 1.07 bits per heavy atom. The van der Waals surface area contributed by atoms with E-state index in [1.807, 2.05) is 6.07 Å². The molecule has 0 unspecified atom stereocenters. The van der Waals surface area contributed by atoms with E-state index in [2.05, 4.69) is 91.4 Å². The number of carbonyl (C=O) groups is 2. The van der Waals surface area contributed by atoms with Crippen molar-refractivity contribution in [2.75, 3.05) is 36.8 Å². The first-order valence-corrected chi connectivity index (χ1v) is 29.1. The first-order chi connectivity index (χ1) is 33.9. The highest BCUT2D eigenvalue weighted by Crippen LogP contribution is 2.31. The Morgan fingerprint density at radius 3 is 1.54 bits per heavy atom. The quantitative estimate of drug-likeness (QED) is 0.0746. The number of thiophene rings is 2. The average Bonchev–Trinajstić information content (AvgIpc) is 4.06. The summed E-state index contributed by atoms with van der Waals surface area (Å²) in [4.78, 5) is 26.2. The van der Waals surface area contributed by atoms with Gasteiger partial charge in [0.25, 0.3) is 31.9 Å². The number of rotatable bonds is 16. The van der Waals surface area contributed by atoms with Crippen molar-refractivity contribution in [1.29, 1.82) is 0 Å². The molecule has 2 saturated heterocycles. The third-order valence-corrected chi connectivity index (χ3v) is 19.8. The van der Waals surface area contributed by atoms with Gasteiger partial charge in [0, 0.05) is 80.6 Å². The maximum absolute atomic E-state index is 13.2. The molecule has 4 aromatic carbocycles. The van der Waals surface area contributed by atoms with Crippen LogP contribution in [-0.2, 0) is 45.0 Å². The van der Waals surface area contributed by atoms with Crippen LogP contribution in [0.15, 0.2) is 130 Å². The molecule has 18 heteroatoms. The molecule has 0 radical (unpaired) electrons. The van der Waals surface area contributed by atoms with Gasteiger partial charge in [0.05, 0.1) is 13.1 Å². The number of hydrogen-bond donors (Lipinski definition) is 4. The number of benzene rings is 4. The topological polar surface area (TPSA) is 157 Å². The largest absolute Gasteiger partial charge is 0.382 e. The van der Waals surface area contributed by atoms with Crippen LogP contribution in [0.25, 0.3) is 0 Å². The molecule has 12 nitrogen and oxygen atoms in total. The molecular weight excluding hydrogens is 1020 g/mol. The number of piperidine rings is 2. The van der Waals surface area contributed by atoms with Crippen molar-refractivity contribution in [1.82, 2.24) is 19.2 Å². The lowest BCUT2D eigenvalue weighted by molar-refractivity contribution is 0.0943. The maximum Gasteiger partial charge on any atom is 0.252 e. The fraction of sp³-hybridized carbons (Fsp3) is 0.358. The summed E-state index contributed by atoms with van der Waals surface area (Å²) in [7, 11) is -7.12. The molecule has 378 valence electrons. The number of anilines is 2. The van der Waals surface area contributed by atoms with Crippen molar-refractivity contribution in [3.05, 3.63) is 163 Å². The summed E-state index contributed by atoms with van der Waals surface area (Å²) in [6, 6.07) is 37.3. The maximum atomic E-state index is 13.2. The van der Waals surface area contributed by atoms with Crippen LogP contribution in [0.2, 0.25) is 10.0 Å². The number of nitrogens with one attached hydrogen (secondary N) is 4. The fourth-order valence-corrected chi connectivity index (χ4v) is 14.4. The van der Waals surface area contributed by atoms with Gasteiger partial charge in [-0.1, -0.05) is 87.6 Å². The molecule has 0 atom stereocenters. The molecule has 2 aromatic heterocycles. The van der Waals surface area contributed by atoms with E-state index in [1.54, 1.807) is 81.4 Å². The van der Waals surface area contributed by atoms with Gasteiger partial charge in [0.15, 0.2) is 0 Å². The van der Waals surface area contributed by atoms with Crippen LogP contribution < -0.4 is 21.3 Å². The van der Waals surface area contributed by atoms with Crippen LogP contribution in [0.4, 0.5) is 11.4 Å². The molecule has 0 saturated carbocycles. The second-order valence-electron chi connectivity index (χ2n) is 18.7. The van der Waals surface area contributed by atoms with Crippen molar-refractivity contribution in [2.24, 2.45) is 0 Å². The smallest absolute Gasteiger partial charge is 0.252 e. The van der Waals surface area contributed by atoms with Crippen molar-refractivity contribution in [2.45, 2.75) is 105 Å². The molecule has 8 rings (SSSR count). The van der Waals surface area contributed by atoms with E-state index in [4.69, 9.17) is 23.2 Å². The van der Waals surface area contributed by atoms with Gasteiger partial charge >= 0.3 is 0 Å². The summed E-state index contributed by atoms with van der Waals surface area (Å²) >= 11 is 14.1. The predicted molar refractivity (Wildman–Crippen MR) is 290 cm³/mol. The number of aryl methyl sites for hydroxylation is 1. The molecule has 2 amide bonds. The number of carbonyl (C=O) groups excluding carboxylic acids is 2. The highest BCUT2D eigenvalue weighted by Gasteiger charge is 2.32. The first-order valence-electron chi connectivity index (χ1n) is 23.9. The second kappa shape index (κ2) is 24.3. The molecule has 0 bridgehead atoms. The van der Waals surface area contributed by atoms with Crippen LogP contribution in [0.3, 0.4) is 0 Å². The predicted octanol–water partition coefficient (Wildman–Crippen LogP) is 11.4. The Bertz CT molecular complexity index is 2960. The van der Waals surface area contributed by atoms with Gasteiger partial charge in [0.2, 0.25) is 0 Å². The molecule has 6 aromatic rings. The van der Waals surface area contributed by atoms with E-state index in [9.17, 15) is 26.4 Å². The van der Waals surface area contributed by atoms with Gasteiger partial charge in [-0.2, -0.15) is 8.61 Å². The summed E-state index contributed by atoms with van der Waals surface area (Å²) in [5, 5.41) is 14.0. The second-order valence-corrected chi connectivity index (χ2v) is 26.2. The summed E-state index contributed by atoms with van der Waals surface area (Å²) in [5.74, 6) is -0.457. The van der Waals surface area contributed by atoms with Crippen LogP contribution in [0.5, 0.6) is 0 Å². The lowest BCUT2D eigenvalue weighted by atomic mass is 9.87. The normalized spacial score (nSPS) is 15.4. The molecule has 2 aliphatic rings. The number of sulfonamides is 2. The Hall–Kier alpha value is -4.78. The highest BCUT2D eigenvalue weighted by atomic mass is 35.5. The number of halogens is 2. The van der Waals surface area contributed by atoms with Crippen LogP contribution in [-0.4, -0.2) is 75.5 Å². The van der Waals surface area contributed by atoms with Gasteiger partial charge in [-0.15, -0.1) is 22.7 Å². The van der Waals surface area contributed by atoms with Crippen molar-refractivity contribution < 1.29 is 26.4 Å². The van der Waals surface area contributed by atoms with Gasteiger partial charge in [-0.25, -0.2) is 16.8 Å². The summed E-state index contributed by atoms with van der Waals surface area (Å²) < 4.78 is 56.6. The highest BCUT2D eigenvalue weighted by molar-refractivity contribution is 7.91. The van der Waals surface area contributed by atoms with E-state index >= 15 is 0 Å². The van der Waals surface area contributed by atoms with Crippen molar-refractivity contribution in [3.8, 4) is 0 Å². The lowest BCUT2D eigenvalue weighted by Crippen LogP contribution is -2.42. The molecule has 2 fully saturated rings. The molecule has 4 N–H and O–H groups in total. The first kappa shape index (κ1) is 54.0. The number of para-hydroxylation sites is 1. The van der Waals surface area contributed by atoms with Gasteiger partial charge < -0.3 is 21.3 Å². The number of amides is 2. The lowest BCUT2D eigenvalue weighted by Gasteiger charge is -2.32. The summed E-state index contributed by atoms with van der Waals surface area (Å²) in [6.07, 6.45) is 5.12. The third kappa shape index (κ3) is 14.7. The zero-order chi connectivity index (χ0) is 50.8.